The monoisotopic (exact) mass is 450 g/mol. The summed E-state index contributed by atoms with van der Waals surface area (Å²) in [5.74, 6) is 0. The van der Waals surface area contributed by atoms with Gasteiger partial charge in [-0.05, 0) is 49.7 Å². The third-order valence-electron chi connectivity index (χ3n) is 4.46. The summed E-state index contributed by atoms with van der Waals surface area (Å²) in [7, 11) is -3.78. The number of hydrogen-bond acceptors (Lipinski definition) is 4. The normalized spacial score (nSPS) is 22.2. The molecule has 0 N–H and O–H groups in total. The predicted molar refractivity (Wildman–Crippen MR) is 112 cm³/mol. The molecule has 1 fully saturated rings. The van der Waals surface area contributed by atoms with Crippen LogP contribution in [-0.2, 0) is 10.0 Å². The molecule has 1 unspecified atom stereocenters. The molecule has 7 heteroatoms. The van der Waals surface area contributed by atoms with E-state index in [4.69, 9.17) is 0 Å². The highest BCUT2D eigenvalue weighted by Gasteiger charge is 2.50. The average molecular weight is 451 g/mol. The molecular weight excluding hydrogens is 432 g/mol. The van der Waals surface area contributed by atoms with Crippen LogP contribution in [0.15, 0.2) is 80.4 Å². The van der Waals surface area contributed by atoms with Crippen molar-refractivity contribution in [3.8, 4) is 0 Å². The van der Waals surface area contributed by atoms with Crippen molar-refractivity contribution in [3.05, 3.63) is 70.6 Å². The second-order valence-corrected chi connectivity index (χ2v) is 9.87. The number of benzene rings is 2. The van der Waals surface area contributed by atoms with E-state index in [1.54, 1.807) is 24.3 Å². The van der Waals surface area contributed by atoms with Gasteiger partial charge in [0.1, 0.15) is 0 Å². The van der Waals surface area contributed by atoms with Gasteiger partial charge in [0.25, 0.3) is 10.0 Å². The first-order chi connectivity index (χ1) is 12.3. The van der Waals surface area contributed by atoms with Crippen molar-refractivity contribution in [2.75, 3.05) is 0 Å². The van der Waals surface area contributed by atoms with Crippen LogP contribution in [0.3, 0.4) is 0 Å². The van der Waals surface area contributed by atoms with Crippen molar-refractivity contribution in [1.29, 1.82) is 0 Å². The summed E-state index contributed by atoms with van der Waals surface area (Å²) in [5, 5.41) is 0.425. The number of nitrogens with zero attached hydrogens (tertiary/aromatic N) is 2. The van der Waals surface area contributed by atoms with E-state index in [9.17, 15) is 8.42 Å². The SMILES string of the molecule is C=C1SC(=Nc2ccccc2)N(S(=O)(=O)c2ccc(Br)cc2)C1(C)CC. The predicted octanol–water partition coefficient (Wildman–Crippen LogP) is 5.56. The molecule has 0 bridgehead atoms. The lowest BCUT2D eigenvalue weighted by molar-refractivity contribution is 0.354. The first kappa shape index (κ1) is 19.2. The van der Waals surface area contributed by atoms with Crippen LogP contribution in [0.25, 0.3) is 0 Å². The highest BCUT2D eigenvalue weighted by atomic mass is 79.9. The number of rotatable bonds is 4. The smallest absolute Gasteiger partial charge is 0.233 e. The van der Waals surface area contributed by atoms with E-state index < -0.39 is 15.6 Å². The minimum atomic E-state index is -3.78. The molecule has 0 aliphatic carbocycles. The minimum Gasteiger partial charge on any atom is -0.233 e. The Morgan fingerprint density at radius 3 is 2.35 bits per heavy atom. The molecule has 0 saturated carbocycles. The summed E-state index contributed by atoms with van der Waals surface area (Å²) >= 11 is 4.66. The molecule has 0 radical (unpaired) electrons. The van der Waals surface area contributed by atoms with Crippen molar-refractivity contribution in [2.45, 2.75) is 30.7 Å². The van der Waals surface area contributed by atoms with Gasteiger partial charge in [0, 0.05) is 9.38 Å². The van der Waals surface area contributed by atoms with Crippen molar-refractivity contribution in [3.63, 3.8) is 0 Å². The average Bonchev–Trinajstić information content (AvgIpc) is 2.87. The summed E-state index contributed by atoms with van der Waals surface area (Å²) in [5.41, 5.74) is -0.0244. The van der Waals surface area contributed by atoms with Gasteiger partial charge < -0.3 is 0 Å². The van der Waals surface area contributed by atoms with Gasteiger partial charge in [-0.1, -0.05) is 59.4 Å². The number of para-hydroxylation sites is 1. The van der Waals surface area contributed by atoms with Gasteiger partial charge in [-0.3, -0.25) is 0 Å². The Hall–Kier alpha value is -1.57. The molecule has 2 aromatic rings. The molecular formula is C19H19BrN2O2S2. The minimum absolute atomic E-state index is 0.233. The first-order valence-corrected chi connectivity index (χ1v) is 11.2. The number of thioether (sulfide) groups is 1. The number of amidine groups is 1. The standard InChI is InChI=1S/C19H19BrN2O2S2/c1-4-19(3)14(2)25-18(21-16-8-6-5-7-9-16)22(19)26(23,24)17-12-10-15(20)11-13-17/h5-13H,2,4H2,1,3H3. The van der Waals surface area contributed by atoms with Gasteiger partial charge in [-0.15, -0.1) is 0 Å². The highest BCUT2D eigenvalue weighted by Crippen LogP contribution is 2.47. The lowest BCUT2D eigenvalue weighted by Crippen LogP contribution is -2.47. The van der Waals surface area contributed by atoms with E-state index in [0.717, 1.165) is 9.38 Å². The topological polar surface area (TPSA) is 49.7 Å². The van der Waals surface area contributed by atoms with E-state index in [1.807, 2.05) is 44.2 Å². The summed E-state index contributed by atoms with van der Waals surface area (Å²) < 4.78 is 29.1. The van der Waals surface area contributed by atoms with E-state index in [2.05, 4.69) is 27.5 Å². The Labute approximate surface area is 167 Å². The zero-order chi connectivity index (χ0) is 18.9. The molecule has 1 saturated heterocycles. The zero-order valence-corrected chi connectivity index (χ0v) is 17.7. The van der Waals surface area contributed by atoms with Crippen LogP contribution in [0.4, 0.5) is 5.69 Å². The fourth-order valence-corrected chi connectivity index (χ4v) is 6.23. The van der Waals surface area contributed by atoms with Gasteiger partial charge in [0.2, 0.25) is 0 Å². The number of sulfonamides is 1. The van der Waals surface area contributed by atoms with Crippen molar-refractivity contribution in [1.82, 2.24) is 4.31 Å². The molecule has 1 aliphatic rings. The van der Waals surface area contributed by atoms with Gasteiger partial charge in [-0.2, -0.15) is 0 Å². The second kappa shape index (κ2) is 7.21. The van der Waals surface area contributed by atoms with Crippen molar-refractivity contribution >= 4 is 48.6 Å². The molecule has 0 amide bonds. The lowest BCUT2D eigenvalue weighted by atomic mass is 9.99. The van der Waals surface area contributed by atoms with Crippen LogP contribution in [0, 0.1) is 0 Å². The molecule has 26 heavy (non-hydrogen) atoms. The molecule has 1 heterocycles. The maximum Gasteiger partial charge on any atom is 0.266 e. The second-order valence-electron chi connectivity index (χ2n) is 6.11. The van der Waals surface area contributed by atoms with Crippen LogP contribution in [0.1, 0.15) is 20.3 Å². The molecule has 136 valence electrons. The van der Waals surface area contributed by atoms with Crippen LogP contribution in [0.2, 0.25) is 0 Å². The zero-order valence-electron chi connectivity index (χ0n) is 14.5. The molecule has 2 aromatic carbocycles. The molecule has 3 rings (SSSR count). The summed E-state index contributed by atoms with van der Waals surface area (Å²) in [6.45, 7) is 7.96. The number of halogens is 1. The number of aliphatic imine (C=N–C) groups is 1. The van der Waals surface area contributed by atoms with Gasteiger partial charge in [0.15, 0.2) is 5.17 Å². The maximum absolute atomic E-state index is 13.4. The summed E-state index contributed by atoms with van der Waals surface area (Å²) in [6, 6.07) is 16.0. The Bertz CT molecular complexity index is 957. The molecule has 1 aliphatic heterocycles. The highest BCUT2D eigenvalue weighted by molar-refractivity contribution is 9.10. The molecule has 4 nitrogen and oxygen atoms in total. The van der Waals surface area contributed by atoms with Crippen molar-refractivity contribution in [2.24, 2.45) is 4.99 Å². The Morgan fingerprint density at radius 1 is 1.15 bits per heavy atom. The quantitative estimate of drug-likeness (QED) is 0.612. The van der Waals surface area contributed by atoms with E-state index in [1.165, 1.54) is 16.1 Å². The third-order valence-corrected chi connectivity index (χ3v) is 8.17. The van der Waals surface area contributed by atoms with Gasteiger partial charge in [-0.25, -0.2) is 17.7 Å². The first-order valence-electron chi connectivity index (χ1n) is 8.11. The third kappa shape index (κ3) is 3.35. The van der Waals surface area contributed by atoms with Crippen molar-refractivity contribution < 1.29 is 8.42 Å². The summed E-state index contributed by atoms with van der Waals surface area (Å²) in [4.78, 5) is 5.61. The number of hydrogen-bond donors (Lipinski definition) is 0. The molecule has 0 spiro atoms. The van der Waals surface area contributed by atoms with Crippen LogP contribution >= 0.6 is 27.7 Å². The maximum atomic E-state index is 13.4. The van der Waals surface area contributed by atoms with Gasteiger partial charge >= 0.3 is 0 Å². The van der Waals surface area contributed by atoms with E-state index in [0.29, 0.717) is 17.3 Å². The fourth-order valence-electron chi connectivity index (χ4n) is 2.69. The Kier molecular flexibility index (Phi) is 5.33. The molecule has 1 atom stereocenters. The summed E-state index contributed by atoms with van der Waals surface area (Å²) in [6.07, 6.45) is 0.600. The van der Waals surface area contributed by atoms with E-state index >= 15 is 0 Å². The van der Waals surface area contributed by atoms with E-state index in [-0.39, 0.29) is 4.90 Å². The van der Waals surface area contributed by atoms with Gasteiger partial charge in [0.05, 0.1) is 16.1 Å². The fraction of sp³-hybridized carbons (Fsp3) is 0.211. The molecule has 0 aromatic heterocycles. The Morgan fingerprint density at radius 2 is 1.77 bits per heavy atom. The van der Waals surface area contributed by atoms with Crippen LogP contribution in [0.5, 0.6) is 0 Å². The Balaban J connectivity index is 2.16. The van der Waals surface area contributed by atoms with Crippen LogP contribution in [-0.4, -0.2) is 23.4 Å². The van der Waals surface area contributed by atoms with Crippen LogP contribution < -0.4 is 0 Å². The lowest BCUT2D eigenvalue weighted by Gasteiger charge is -2.34. The largest absolute Gasteiger partial charge is 0.266 e.